The number of amides is 1. The van der Waals surface area contributed by atoms with Gasteiger partial charge in [0.1, 0.15) is 0 Å². The van der Waals surface area contributed by atoms with Gasteiger partial charge >= 0.3 is 0 Å². The monoisotopic (exact) mass is 351 g/mol. The summed E-state index contributed by atoms with van der Waals surface area (Å²) in [6, 6.07) is 8.28. The highest BCUT2D eigenvalue weighted by Crippen LogP contribution is 2.19. The lowest BCUT2D eigenvalue weighted by atomic mass is 10.2. The minimum atomic E-state index is -3.55. The molecule has 2 rings (SSSR count). The third-order valence-electron chi connectivity index (χ3n) is 3.76. The van der Waals surface area contributed by atoms with Crippen LogP contribution in [0.4, 0.5) is 5.69 Å². The lowest BCUT2D eigenvalue weighted by molar-refractivity contribution is -0.121. The molecule has 0 aliphatic carbocycles. The Morgan fingerprint density at radius 1 is 1.50 bits per heavy atom. The van der Waals surface area contributed by atoms with Gasteiger partial charge in [-0.15, -0.1) is 0 Å². The molecule has 1 unspecified atom stereocenters. The molecule has 0 spiro atoms. The molecule has 1 heterocycles. The maximum atomic E-state index is 12.0. The van der Waals surface area contributed by atoms with Crippen molar-refractivity contribution in [2.45, 2.75) is 25.4 Å². The van der Waals surface area contributed by atoms with Crippen LogP contribution in [0.5, 0.6) is 0 Å². The third-order valence-corrected chi connectivity index (χ3v) is 4.95. The van der Waals surface area contributed by atoms with Crippen molar-refractivity contribution in [2.24, 2.45) is 0 Å². The van der Waals surface area contributed by atoms with Crippen molar-refractivity contribution in [3.05, 3.63) is 29.8 Å². The van der Waals surface area contributed by atoms with Crippen molar-refractivity contribution in [3.8, 4) is 6.07 Å². The topological polar surface area (TPSA) is 99.5 Å². The number of hydrogen-bond donors (Lipinski definition) is 1. The SMILES string of the molecule is CS(=O)(=O)N(CCC(=O)NCC1CCCO1)c1cccc(C#N)c1. The Morgan fingerprint density at radius 2 is 2.29 bits per heavy atom. The van der Waals surface area contributed by atoms with E-state index >= 15 is 0 Å². The number of carbonyl (C=O) groups is 1. The van der Waals surface area contributed by atoms with Crippen LogP contribution in [-0.2, 0) is 19.6 Å². The van der Waals surface area contributed by atoms with Crippen LogP contribution in [0.25, 0.3) is 0 Å². The third kappa shape index (κ3) is 5.22. The molecular weight excluding hydrogens is 330 g/mol. The number of nitriles is 1. The minimum absolute atomic E-state index is 0.0189. The zero-order valence-corrected chi connectivity index (χ0v) is 14.4. The summed E-state index contributed by atoms with van der Waals surface area (Å²) in [6.45, 7) is 1.18. The highest BCUT2D eigenvalue weighted by Gasteiger charge is 2.20. The molecule has 24 heavy (non-hydrogen) atoms. The Balaban J connectivity index is 1.96. The predicted octanol–water partition coefficient (Wildman–Crippen LogP) is 1.01. The van der Waals surface area contributed by atoms with Crippen LogP contribution >= 0.6 is 0 Å². The molecule has 1 aromatic rings. The number of hydrogen-bond acceptors (Lipinski definition) is 5. The van der Waals surface area contributed by atoms with Gasteiger partial charge < -0.3 is 10.1 Å². The van der Waals surface area contributed by atoms with Gasteiger partial charge in [-0.2, -0.15) is 5.26 Å². The molecule has 1 atom stereocenters. The molecule has 0 aromatic heterocycles. The van der Waals surface area contributed by atoms with E-state index in [-0.39, 0.29) is 25.0 Å². The van der Waals surface area contributed by atoms with Crippen LogP contribution in [0.3, 0.4) is 0 Å². The maximum Gasteiger partial charge on any atom is 0.232 e. The highest BCUT2D eigenvalue weighted by molar-refractivity contribution is 7.92. The summed E-state index contributed by atoms with van der Waals surface area (Å²) in [5.41, 5.74) is 0.743. The summed E-state index contributed by atoms with van der Waals surface area (Å²) >= 11 is 0. The Labute approximate surface area is 142 Å². The Morgan fingerprint density at radius 3 is 2.92 bits per heavy atom. The second kappa shape index (κ2) is 8.13. The van der Waals surface area contributed by atoms with Gasteiger partial charge in [-0.25, -0.2) is 8.42 Å². The van der Waals surface area contributed by atoms with Crippen LogP contribution in [0.15, 0.2) is 24.3 Å². The number of nitrogens with one attached hydrogen (secondary N) is 1. The van der Waals surface area contributed by atoms with Gasteiger partial charge in [0, 0.05) is 26.1 Å². The van der Waals surface area contributed by atoms with Crippen molar-refractivity contribution < 1.29 is 17.9 Å². The summed E-state index contributed by atoms with van der Waals surface area (Å²) in [4.78, 5) is 11.9. The fourth-order valence-electron chi connectivity index (χ4n) is 2.54. The largest absolute Gasteiger partial charge is 0.376 e. The number of rotatable bonds is 7. The molecular formula is C16H21N3O4S. The van der Waals surface area contributed by atoms with Crippen molar-refractivity contribution in [2.75, 3.05) is 30.3 Å². The molecule has 1 aromatic carbocycles. The van der Waals surface area contributed by atoms with Gasteiger partial charge in [-0.3, -0.25) is 9.10 Å². The van der Waals surface area contributed by atoms with Crippen LogP contribution < -0.4 is 9.62 Å². The smallest absolute Gasteiger partial charge is 0.232 e. The van der Waals surface area contributed by atoms with Gasteiger partial charge in [-0.05, 0) is 31.0 Å². The quantitative estimate of drug-likeness (QED) is 0.790. The fraction of sp³-hybridized carbons (Fsp3) is 0.500. The van der Waals surface area contributed by atoms with Crippen molar-refractivity contribution >= 4 is 21.6 Å². The average molecular weight is 351 g/mol. The average Bonchev–Trinajstić information content (AvgIpc) is 3.05. The van der Waals surface area contributed by atoms with E-state index in [1.165, 1.54) is 6.07 Å². The zero-order valence-electron chi connectivity index (χ0n) is 13.6. The van der Waals surface area contributed by atoms with Crippen molar-refractivity contribution in [3.63, 3.8) is 0 Å². The Hall–Kier alpha value is -2.11. The second-order valence-corrected chi connectivity index (χ2v) is 7.59. The Bertz CT molecular complexity index is 721. The molecule has 0 saturated carbocycles. The number of nitrogens with zero attached hydrogens (tertiary/aromatic N) is 2. The van der Waals surface area contributed by atoms with Crippen LogP contribution in [0.2, 0.25) is 0 Å². The van der Waals surface area contributed by atoms with Gasteiger partial charge in [0.15, 0.2) is 0 Å². The number of sulfonamides is 1. The molecule has 0 bridgehead atoms. The minimum Gasteiger partial charge on any atom is -0.376 e. The standard InChI is InChI=1S/C16H21N3O4S/c1-24(21,22)19(14-5-2-4-13(10-14)11-17)8-7-16(20)18-12-15-6-3-9-23-15/h2,4-5,10,15H,3,6-9,12H2,1H3,(H,18,20). The van der Waals surface area contributed by atoms with E-state index in [1.54, 1.807) is 18.2 Å². The van der Waals surface area contributed by atoms with E-state index < -0.39 is 10.0 Å². The fourth-order valence-corrected chi connectivity index (χ4v) is 3.46. The first-order valence-corrected chi connectivity index (χ1v) is 9.61. The van der Waals surface area contributed by atoms with Gasteiger partial charge in [0.25, 0.3) is 0 Å². The molecule has 1 fully saturated rings. The number of anilines is 1. The van der Waals surface area contributed by atoms with E-state index in [9.17, 15) is 13.2 Å². The van der Waals surface area contributed by atoms with Crippen LogP contribution in [-0.4, -0.2) is 46.4 Å². The number of benzene rings is 1. The summed E-state index contributed by atoms with van der Waals surface area (Å²) in [5, 5.41) is 11.7. The van der Waals surface area contributed by atoms with E-state index in [0.717, 1.165) is 30.0 Å². The number of carbonyl (C=O) groups excluding carboxylic acids is 1. The molecule has 7 nitrogen and oxygen atoms in total. The molecule has 130 valence electrons. The summed E-state index contributed by atoms with van der Waals surface area (Å²) in [7, 11) is -3.55. The van der Waals surface area contributed by atoms with Crippen LogP contribution in [0, 0.1) is 11.3 Å². The summed E-state index contributed by atoms with van der Waals surface area (Å²) in [6.07, 6.45) is 3.09. The first kappa shape index (κ1) is 18.2. The normalized spacial score (nSPS) is 17.2. The van der Waals surface area contributed by atoms with Crippen molar-refractivity contribution in [1.29, 1.82) is 5.26 Å². The molecule has 1 amide bonds. The van der Waals surface area contributed by atoms with Gasteiger partial charge in [0.05, 0.1) is 29.7 Å². The second-order valence-electron chi connectivity index (χ2n) is 5.69. The van der Waals surface area contributed by atoms with E-state index in [1.807, 2.05) is 6.07 Å². The lowest BCUT2D eigenvalue weighted by Gasteiger charge is -2.22. The number of ether oxygens (including phenoxy) is 1. The Kier molecular flexibility index (Phi) is 6.17. The lowest BCUT2D eigenvalue weighted by Crippen LogP contribution is -2.36. The molecule has 1 N–H and O–H groups in total. The molecule has 1 aliphatic rings. The molecule has 1 saturated heterocycles. The summed E-state index contributed by atoms with van der Waals surface area (Å²) in [5.74, 6) is -0.226. The van der Waals surface area contributed by atoms with E-state index in [2.05, 4.69) is 5.32 Å². The maximum absolute atomic E-state index is 12.0. The zero-order chi connectivity index (χ0) is 17.6. The van der Waals surface area contributed by atoms with E-state index in [0.29, 0.717) is 17.8 Å². The van der Waals surface area contributed by atoms with E-state index in [4.69, 9.17) is 10.00 Å². The first-order chi connectivity index (χ1) is 11.4. The highest BCUT2D eigenvalue weighted by atomic mass is 32.2. The molecule has 8 heteroatoms. The first-order valence-electron chi connectivity index (χ1n) is 7.76. The molecule has 0 radical (unpaired) electrons. The predicted molar refractivity (Wildman–Crippen MR) is 89.9 cm³/mol. The summed E-state index contributed by atoms with van der Waals surface area (Å²) < 4.78 is 30.6. The van der Waals surface area contributed by atoms with Crippen molar-refractivity contribution in [1.82, 2.24) is 5.32 Å². The van der Waals surface area contributed by atoms with Gasteiger partial charge in [0.2, 0.25) is 15.9 Å². The van der Waals surface area contributed by atoms with Crippen LogP contribution in [0.1, 0.15) is 24.8 Å². The van der Waals surface area contributed by atoms with Gasteiger partial charge in [-0.1, -0.05) is 6.07 Å². The molecule has 1 aliphatic heterocycles.